The Kier molecular flexibility index (Phi) is 6.02. The first-order chi connectivity index (χ1) is 14.1. The van der Waals surface area contributed by atoms with E-state index in [2.05, 4.69) is 70.7 Å². The van der Waals surface area contributed by atoms with Gasteiger partial charge in [-0.2, -0.15) is 0 Å². The predicted octanol–water partition coefficient (Wildman–Crippen LogP) is 4.67. The molecule has 29 heavy (non-hydrogen) atoms. The number of amides is 1. The summed E-state index contributed by atoms with van der Waals surface area (Å²) >= 11 is 1.42. The van der Waals surface area contributed by atoms with E-state index in [4.69, 9.17) is 0 Å². The second-order valence-electron chi connectivity index (χ2n) is 7.81. The molecule has 2 aromatic carbocycles. The molecule has 0 radical (unpaired) electrons. The number of carbonyl (C=O) groups excluding carboxylic acids is 1. The summed E-state index contributed by atoms with van der Waals surface area (Å²) < 4.78 is 0. The van der Waals surface area contributed by atoms with Crippen molar-refractivity contribution in [1.82, 2.24) is 15.1 Å². The van der Waals surface area contributed by atoms with Gasteiger partial charge in [0.2, 0.25) is 11.0 Å². The molecule has 150 valence electrons. The fourth-order valence-corrected chi connectivity index (χ4v) is 4.47. The zero-order chi connectivity index (χ0) is 20.2. The summed E-state index contributed by atoms with van der Waals surface area (Å²) in [6, 6.07) is 16.8. The molecule has 1 N–H and O–H groups in total. The highest BCUT2D eigenvalue weighted by Crippen LogP contribution is 2.28. The number of carbonyl (C=O) groups is 1. The van der Waals surface area contributed by atoms with E-state index in [9.17, 15) is 4.79 Å². The van der Waals surface area contributed by atoms with Gasteiger partial charge < -0.3 is 5.32 Å². The molecule has 1 fully saturated rings. The van der Waals surface area contributed by atoms with Gasteiger partial charge in [0.1, 0.15) is 5.01 Å². The minimum Gasteiger partial charge on any atom is -0.300 e. The van der Waals surface area contributed by atoms with Crippen LogP contribution in [-0.2, 0) is 11.3 Å². The van der Waals surface area contributed by atoms with Crippen molar-refractivity contribution in [2.45, 2.75) is 33.2 Å². The summed E-state index contributed by atoms with van der Waals surface area (Å²) in [7, 11) is 0. The van der Waals surface area contributed by atoms with Gasteiger partial charge in [-0.15, -0.1) is 10.2 Å². The third-order valence-corrected chi connectivity index (χ3v) is 6.29. The number of nitrogens with zero attached hydrogens (tertiary/aromatic N) is 3. The Bertz CT molecular complexity index is 975. The van der Waals surface area contributed by atoms with Crippen molar-refractivity contribution < 1.29 is 4.79 Å². The third kappa shape index (κ3) is 5.08. The number of likely N-dealkylation sites (tertiary alicyclic amines) is 1. The van der Waals surface area contributed by atoms with E-state index in [-0.39, 0.29) is 11.8 Å². The van der Waals surface area contributed by atoms with Gasteiger partial charge in [-0.05, 0) is 45.3 Å². The van der Waals surface area contributed by atoms with E-state index < -0.39 is 0 Å². The van der Waals surface area contributed by atoms with E-state index >= 15 is 0 Å². The summed E-state index contributed by atoms with van der Waals surface area (Å²) in [6.45, 7) is 7.01. The van der Waals surface area contributed by atoms with Crippen molar-refractivity contribution in [3.05, 3.63) is 65.2 Å². The van der Waals surface area contributed by atoms with Crippen LogP contribution >= 0.6 is 11.3 Å². The highest BCUT2D eigenvalue weighted by molar-refractivity contribution is 7.18. The maximum absolute atomic E-state index is 12.7. The smallest absolute Gasteiger partial charge is 0.229 e. The van der Waals surface area contributed by atoms with Crippen molar-refractivity contribution in [1.29, 1.82) is 0 Å². The van der Waals surface area contributed by atoms with E-state index in [0.717, 1.165) is 43.0 Å². The number of aryl methyl sites for hydroxylation is 2. The minimum atomic E-state index is 0.0375. The van der Waals surface area contributed by atoms with E-state index in [0.29, 0.717) is 5.13 Å². The van der Waals surface area contributed by atoms with Crippen molar-refractivity contribution in [2.75, 3.05) is 18.4 Å². The van der Waals surface area contributed by atoms with Gasteiger partial charge in [0.05, 0.1) is 0 Å². The Labute approximate surface area is 175 Å². The van der Waals surface area contributed by atoms with Crippen molar-refractivity contribution in [3.8, 4) is 10.6 Å². The number of hydrogen-bond acceptors (Lipinski definition) is 5. The molecule has 0 atom stereocenters. The zero-order valence-corrected chi connectivity index (χ0v) is 17.7. The van der Waals surface area contributed by atoms with Crippen molar-refractivity contribution >= 4 is 22.4 Å². The Balaban J connectivity index is 1.29. The maximum atomic E-state index is 12.7. The average Bonchev–Trinajstić information content (AvgIpc) is 3.17. The molecule has 4 rings (SSSR count). The predicted molar refractivity (Wildman–Crippen MR) is 118 cm³/mol. The molecule has 1 amide bonds. The lowest BCUT2D eigenvalue weighted by Crippen LogP contribution is -2.37. The maximum Gasteiger partial charge on any atom is 0.229 e. The number of benzene rings is 2. The summed E-state index contributed by atoms with van der Waals surface area (Å²) in [5.41, 5.74) is 4.86. The van der Waals surface area contributed by atoms with Crippen LogP contribution in [0.1, 0.15) is 29.5 Å². The molecule has 3 aromatic rings. The van der Waals surface area contributed by atoms with Crippen LogP contribution in [0.15, 0.2) is 48.5 Å². The van der Waals surface area contributed by atoms with Gasteiger partial charge in [0, 0.05) is 18.0 Å². The molecule has 0 spiro atoms. The second kappa shape index (κ2) is 8.84. The minimum absolute atomic E-state index is 0.0375. The Morgan fingerprint density at radius 2 is 1.83 bits per heavy atom. The van der Waals surface area contributed by atoms with Crippen LogP contribution in [0.5, 0.6) is 0 Å². The van der Waals surface area contributed by atoms with Gasteiger partial charge in [-0.25, -0.2) is 0 Å². The second-order valence-corrected chi connectivity index (χ2v) is 8.78. The first kappa shape index (κ1) is 19.7. The summed E-state index contributed by atoms with van der Waals surface area (Å²) in [6.07, 6.45) is 1.75. The highest BCUT2D eigenvalue weighted by Gasteiger charge is 2.25. The van der Waals surface area contributed by atoms with E-state index in [1.165, 1.54) is 28.0 Å². The SMILES string of the molecule is Cc1ccc(-c2nnc(NC(=O)C3CCN(Cc4cccc(C)c4)CC3)s2)cc1. The van der Waals surface area contributed by atoms with Crippen LogP contribution in [-0.4, -0.2) is 34.1 Å². The number of hydrogen-bond donors (Lipinski definition) is 1. The van der Waals surface area contributed by atoms with Gasteiger partial charge in [0.25, 0.3) is 0 Å². The average molecular weight is 407 g/mol. The molecular weight excluding hydrogens is 380 g/mol. The standard InChI is InChI=1S/C23H26N4OS/c1-16-6-8-20(9-7-16)22-25-26-23(29-22)24-21(28)19-10-12-27(13-11-19)15-18-5-3-4-17(2)14-18/h3-9,14,19H,10-13,15H2,1-2H3,(H,24,26,28). The van der Waals surface area contributed by atoms with Gasteiger partial charge >= 0.3 is 0 Å². The molecule has 0 saturated carbocycles. The van der Waals surface area contributed by atoms with Crippen LogP contribution in [0, 0.1) is 19.8 Å². The van der Waals surface area contributed by atoms with Crippen molar-refractivity contribution in [2.24, 2.45) is 5.92 Å². The van der Waals surface area contributed by atoms with Crippen LogP contribution < -0.4 is 5.32 Å². The van der Waals surface area contributed by atoms with Crippen LogP contribution in [0.2, 0.25) is 0 Å². The van der Waals surface area contributed by atoms with E-state index in [1.54, 1.807) is 0 Å². The quantitative estimate of drug-likeness (QED) is 0.669. The molecule has 1 aliphatic heterocycles. The molecule has 0 aliphatic carbocycles. The number of nitrogens with one attached hydrogen (secondary N) is 1. The Morgan fingerprint density at radius 1 is 1.07 bits per heavy atom. The monoisotopic (exact) mass is 406 g/mol. The van der Waals surface area contributed by atoms with Gasteiger partial charge in [-0.3, -0.25) is 9.69 Å². The van der Waals surface area contributed by atoms with Gasteiger partial charge in [-0.1, -0.05) is 71.0 Å². The fourth-order valence-electron chi connectivity index (χ4n) is 3.72. The molecule has 1 aliphatic rings. The molecule has 1 aromatic heterocycles. The normalized spacial score (nSPS) is 15.4. The van der Waals surface area contributed by atoms with Crippen LogP contribution in [0.3, 0.4) is 0 Å². The Hall–Kier alpha value is -2.57. The largest absolute Gasteiger partial charge is 0.300 e. The molecular formula is C23H26N4OS. The number of piperidine rings is 1. The first-order valence-electron chi connectivity index (χ1n) is 10.1. The molecule has 5 nitrogen and oxygen atoms in total. The highest BCUT2D eigenvalue weighted by atomic mass is 32.1. The molecule has 0 bridgehead atoms. The fraction of sp³-hybridized carbons (Fsp3) is 0.348. The number of anilines is 1. The van der Waals surface area contributed by atoms with Crippen molar-refractivity contribution in [3.63, 3.8) is 0 Å². The third-order valence-electron chi connectivity index (χ3n) is 5.40. The first-order valence-corrected chi connectivity index (χ1v) is 10.9. The molecule has 0 unspecified atom stereocenters. The van der Waals surface area contributed by atoms with Gasteiger partial charge in [0.15, 0.2) is 0 Å². The molecule has 2 heterocycles. The van der Waals surface area contributed by atoms with Crippen LogP contribution in [0.25, 0.3) is 10.6 Å². The van der Waals surface area contributed by atoms with Crippen LogP contribution in [0.4, 0.5) is 5.13 Å². The number of aromatic nitrogens is 2. The number of rotatable bonds is 5. The lowest BCUT2D eigenvalue weighted by Gasteiger charge is -2.31. The lowest BCUT2D eigenvalue weighted by molar-refractivity contribution is -0.121. The topological polar surface area (TPSA) is 58.1 Å². The molecule has 1 saturated heterocycles. The zero-order valence-electron chi connectivity index (χ0n) is 16.9. The summed E-state index contributed by atoms with van der Waals surface area (Å²) in [5.74, 6) is 0.0993. The lowest BCUT2D eigenvalue weighted by atomic mass is 9.95. The summed E-state index contributed by atoms with van der Waals surface area (Å²) in [4.78, 5) is 15.1. The summed E-state index contributed by atoms with van der Waals surface area (Å²) in [5, 5.41) is 12.8. The van der Waals surface area contributed by atoms with E-state index in [1.807, 2.05) is 12.1 Å². The molecule has 6 heteroatoms. The Morgan fingerprint density at radius 3 is 2.55 bits per heavy atom.